The van der Waals surface area contributed by atoms with Crippen molar-refractivity contribution in [2.75, 3.05) is 5.32 Å². The number of nitriles is 1. The summed E-state index contributed by atoms with van der Waals surface area (Å²) < 4.78 is 40.3. The van der Waals surface area contributed by atoms with Gasteiger partial charge in [-0.3, -0.25) is 4.79 Å². The van der Waals surface area contributed by atoms with Gasteiger partial charge >= 0.3 is 6.18 Å². The number of nitrogens with zero attached hydrogens (tertiary/aromatic N) is 2. The van der Waals surface area contributed by atoms with Crippen LogP contribution in [0.5, 0.6) is 0 Å². The minimum Gasteiger partial charge on any atom is -0.337 e. The van der Waals surface area contributed by atoms with Crippen LogP contribution in [0.1, 0.15) is 16.7 Å². The molecule has 1 amide bonds. The summed E-state index contributed by atoms with van der Waals surface area (Å²) in [5, 5.41) is 13.3. The zero-order valence-corrected chi connectivity index (χ0v) is 17.3. The highest BCUT2D eigenvalue weighted by Crippen LogP contribution is 2.31. The molecule has 0 aliphatic rings. The van der Waals surface area contributed by atoms with Gasteiger partial charge in [-0.05, 0) is 42.0 Å². The second kappa shape index (κ2) is 9.05. The molecular weight excluding hydrogens is 427 g/mol. The van der Waals surface area contributed by atoms with Gasteiger partial charge in [0, 0.05) is 28.4 Å². The molecule has 4 nitrogen and oxygen atoms in total. The molecule has 0 bridgehead atoms. The number of halogens is 3. The first-order valence-electron chi connectivity index (χ1n) is 10.1. The van der Waals surface area contributed by atoms with Crippen molar-refractivity contribution >= 4 is 34.1 Å². The van der Waals surface area contributed by atoms with Crippen molar-refractivity contribution in [2.24, 2.45) is 0 Å². The lowest BCUT2D eigenvalue weighted by molar-refractivity contribution is -0.137. The van der Waals surface area contributed by atoms with Gasteiger partial charge in [-0.2, -0.15) is 18.4 Å². The highest BCUT2D eigenvalue weighted by molar-refractivity contribution is 5.99. The second-order valence-electron chi connectivity index (χ2n) is 7.39. The molecule has 4 rings (SSSR count). The van der Waals surface area contributed by atoms with E-state index in [0.29, 0.717) is 16.8 Å². The molecule has 0 spiro atoms. The summed E-state index contributed by atoms with van der Waals surface area (Å²) >= 11 is 0. The van der Waals surface area contributed by atoms with E-state index in [2.05, 4.69) is 11.4 Å². The Morgan fingerprint density at radius 2 is 1.64 bits per heavy atom. The Balaban J connectivity index is 1.66. The smallest absolute Gasteiger partial charge is 0.337 e. The fourth-order valence-electron chi connectivity index (χ4n) is 3.57. The molecule has 4 aromatic rings. The van der Waals surface area contributed by atoms with Gasteiger partial charge in [0.1, 0.15) is 6.54 Å². The van der Waals surface area contributed by atoms with Gasteiger partial charge in [-0.1, -0.05) is 48.5 Å². The number of rotatable bonds is 5. The van der Waals surface area contributed by atoms with Gasteiger partial charge in [-0.15, -0.1) is 0 Å². The van der Waals surface area contributed by atoms with Crippen LogP contribution >= 0.6 is 0 Å². The van der Waals surface area contributed by atoms with Crippen molar-refractivity contribution in [1.29, 1.82) is 5.26 Å². The molecule has 0 unspecified atom stereocenters. The van der Waals surface area contributed by atoms with E-state index < -0.39 is 11.7 Å². The number of nitrogens with one attached hydrogen (secondary N) is 1. The van der Waals surface area contributed by atoms with Crippen LogP contribution in [0.4, 0.5) is 18.9 Å². The van der Waals surface area contributed by atoms with Crippen molar-refractivity contribution in [3.63, 3.8) is 0 Å². The number of carbonyl (C=O) groups is 1. The molecule has 0 atom stereocenters. The molecule has 0 radical (unpaired) electrons. The average Bonchev–Trinajstić information content (AvgIpc) is 3.14. The molecule has 1 heterocycles. The van der Waals surface area contributed by atoms with Crippen molar-refractivity contribution in [1.82, 2.24) is 4.57 Å². The van der Waals surface area contributed by atoms with E-state index >= 15 is 0 Å². The highest BCUT2D eigenvalue weighted by atomic mass is 19.4. The minimum atomic E-state index is -4.44. The predicted molar refractivity (Wildman–Crippen MR) is 122 cm³/mol. The summed E-state index contributed by atoms with van der Waals surface area (Å²) in [5.74, 6) is -0.208. The van der Waals surface area contributed by atoms with E-state index in [-0.39, 0.29) is 18.0 Å². The van der Waals surface area contributed by atoms with Crippen LogP contribution in [0.2, 0.25) is 0 Å². The molecule has 7 heteroatoms. The Hall–Kier alpha value is -4.31. The van der Waals surface area contributed by atoms with E-state index in [1.807, 2.05) is 42.5 Å². The van der Waals surface area contributed by atoms with E-state index in [0.717, 1.165) is 23.0 Å². The van der Waals surface area contributed by atoms with Crippen LogP contribution in [0, 0.1) is 11.3 Å². The molecule has 0 saturated carbocycles. The number of hydrogen-bond acceptors (Lipinski definition) is 2. The van der Waals surface area contributed by atoms with Gasteiger partial charge < -0.3 is 9.88 Å². The number of para-hydroxylation sites is 2. The first-order valence-corrected chi connectivity index (χ1v) is 10.1. The molecule has 33 heavy (non-hydrogen) atoms. The van der Waals surface area contributed by atoms with Crippen molar-refractivity contribution < 1.29 is 18.0 Å². The standard InChI is InChI=1S/C26H18F3N3O/c27-26(28,29)21-12-10-18(11-13-21)19(15-30)14-20-16-32(24-9-5-4-8-23(20)24)17-25(33)31-22-6-2-1-3-7-22/h1-14,16H,17H2,(H,31,33)/b19-14+. The fourth-order valence-corrected chi connectivity index (χ4v) is 3.57. The van der Waals surface area contributed by atoms with Gasteiger partial charge in [0.2, 0.25) is 5.91 Å². The van der Waals surface area contributed by atoms with E-state index in [1.54, 1.807) is 29.0 Å². The Kier molecular flexibility index (Phi) is 6.01. The summed E-state index contributed by atoms with van der Waals surface area (Å²) in [5.41, 5.74) is 2.01. The normalized spacial score (nSPS) is 11.9. The third-order valence-electron chi connectivity index (χ3n) is 5.13. The minimum absolute atomic E-state index is 0.0609. The first kappa shape index (κ1) is 21.9. The van der Waals surface area contributed by atoms with Crippen molar-refractivity contribution in [2.45, 2.75) is 12.7 Å². The summed E-state index contributed by atoms with van der Waals surface area (Å²) in [7, 11) is 0. The Morgan fingerprint density at radius 1 is 0.970 bits per heavy atom. The first-order chi connectivity index (χ1) is 15.8. The maximum Gasteiger partial charge on any atom is 0.416 e. The highest BCUT2D eigenvalue weighted by Gasteiger charge is 2.30. The zero-order valence-electron chi connectivity index (χ0n) is 17.3. The zero-order chi connectivity index (χ0) is 23.4. The Bertz CT molecular complexity index is 1360. The SMILES string of the molecule is N#C/C(=C\c1cn(CC(=O)Nc2ccccc2)c2ccccc12)c1ccc(C(F)(F)F)cc1. The predicted octanol–water partition coefficient (Wildman–Crippen LogP) is 6.36. The third-order valence-corrected chi connectivity index (χ3v) is 5.13. The third kappa shape index (κ3) is 4.96. The Labute approximate surface area is 188 Å². The van der Waals surface area contributed by atoms with Crippen LogP contribution in [0.25, 0.3) is 22.6 Å². The van der Waals surface area contributed by atoms with Crippen molar-refractivity contribution in [3.05, 3.63) is 102 Å². The average molecular weight is 445 g/mol. The van der Waals surface area contributed by atoms with Crippen molar-refractivity contribution in [3.8, 4) is 6.07 Å². The lowest BCUT2D eigenvalue weighted by atomic mass is 10.0. The number of hydrogen-bond donors (Lipinski definition) is 1. The molecule has 1 N–H and O–H groups in total. The number of fused-ring (bicyclic) bond motifs is 1. The quantitative estimate of drug-likeness (QED) is 0.363. The number of anilines is 1. The molecular formula is C26H18F3N3O. The van der Waals surface area contributed by atoms with Gasteiger partial charge in [0.15, 0.2) is 0 Å². The summed E-state index contributed by atoms with van der Waals surface area (Å²) in [4.78, 5) is 12.6. The Morgan fingerprint density at radius 3 is 2.30 bits per heavy atom. The van der Waals surface area contributed by atoms with Crippen LogP contribution in [-0.4, -0.2) is 10.5 Å². The summed E-state index contributed by atoms with van der Waals surface area (Å²) in [6, 6.07) is 23.1. The van der Waals surface area contributed by atoms with Gasteiger partial charge in [0.25, 0.3) is 0 Å². The molecule has 1 aromatic heterocycles. The number of aromatic nitrogens is 1. The molecule has 0 aliphatic heterocycles. The summed E-state index contributed by atoms with van der Waals surface area (Å²) in [6.07, 6.45) is -1.06. The van der Waals surface area contributed by atoms with Crippen LogP contribution < -0.4 is 5.32 Å². The largest absolute Gasteiger partial charge is 0.416 e. The maximum atomic E-state index is 12.9. The van der Waals surface area contributed by atoms with Crippen LogP contribution in [0.3, 0.4) is 0 Å². The number of benzene rings is 3. The molecule has 0 aliphatic carbocycles. The number of carbonyl (C=O) groups excluding carboxylic acids is 1. The fraction of sp³-hybridized carbons (Fsp3) is 0.0769. The number of alkyl halides is 3. The molecule has 0 fully saturated rings. The molecule has 164 valence electrons. The number of amides is 1. The topological polar surface area (TPSA) is 57.8 Å². The van der Waals surface area contributed by atoms with Crippen LogP contribution in [0.15, 0.2) is 85.1 Å². The monoisotopic (exact) mass is 445 g/mol. The summed E-state index contributed by atoms with van der Waals surface area (Å²) in [6.45, 7) is 0.0609. The second-order valence-corrected chi connectivity index (χ2v) is 7.39. The van der Waals surface area contributed by atoms with Gasteiger partial charge in [-0.25, -0.2) is 0 Å². The molecule has 0 saturated heterocycles. The lowest BCUT2D eigenvalue weighted by Crippen LogP contribution is -2.18. The van der Waals surface area contributed by atoms with Crippen LogP contribution in [-0.2, 0) is 17.5 Å². The lowest BCUT2D eigenvalue weighted by Gasteiger charge is -2.07. The molecule has 3 aromatic carbocycles. The van der Waals surface area contributed by atoms with E-state index in [1.165, 1.54) is 12.1 Å². The number of allylic oxidation sites excluding steroid dienone is 1. The maximum absolute atomic E-state index is 12.9. The van der Waals surface area contributed by atoms with Gasteiger partial charge in [0.05, 0.1) is 17.2 Å². The van der Waals surface area contributed by atoms with E-state index in [9.17, 15) is 23.2 Å². The van der Waals surface area contributed by atoms with E-state index in [4.69, 9.17) is 0 Å².